The molecule has 2 aromatic carbocycles. The quantitative estimate of drug-likeness (QED) is 0.348. The zero-order valence-corrected chi connectivity index (χ0v) is 19.0. The smallest absolute Gasteiger partial charge is 0.253 e. The van der Waals surface area contributed by atoms with Crippen LogP contribution < -0.4 is 16.4 Å². The summed E-state index contributed by atoms with van der Waals surface area (Å²) in [4.78, 5) is 24.7. The second-order valence-corrected chi connectivity index (χ2v) is 7.89. The Kier molecular flexibility index (Phi) is 7.53. The van der Waals surface area contributed by atoms with E-state index in [0.717, 1.165) is 0 Å². The van der Waals surface area contributed by atoms with Crippen molar-refractivity contribution in [3.63, 3.8) is 0 Å². The monoisotopic (exact) mass is 485 g/mol. The first kappa shape index (κ1) is 24.4. The van der Waals surface area contributed by atoms with Gasteiger partial charge in [-0.15, -0.1) is 0 Å². The Bertz CT molecular complexity index is 1410. The van der Waals surface area contributed by atoms with Crippen molar-refractivity contribution in [1.82, 2.24) is 25.6 Å². The van der Waals surface area contributed by atoms with Crippen molar-refractivity contribution >= 4 is 11.7 Å². The van der Waals surface area contributed by atoms with Gasteiger partial charge in [-0.3, -0.25) is 14.8 Å². The van der Waals surface area contributed by atoms with Crippen molar-refractivity contribution in [2.24, 2.45) is 0 Å². The fourth-order valence-electron chi connectivity index (χ4n) is 3.55. The standard InChI is InChI=1S/C26H21F2N7O/c27-21-6-4-17(9-19(21)10-29)23(35-26(36)18-2-1-7-31-12-18)13-32-11-16-3-5-20(22(28)8-16)24-14-34-25(30)15-33-24/h1-9,12,14-15,23,32H,11,13H2,(H2,30,34)(H,35,36)/t23-/m1/s1. The van der Waals surface area contributed by atoms with Crippen LogP contribution in [0.2, 0.25) is 0 Å². The summed E-state index contributed by atoms with van der Waals surface area (Å²) in [6, 6.07) is 13.3. The van der Waals surface area contributed by atoms with E-state index in [9.17, 15) is 18.8 Å². The number of nitrogens with zero attached hydrogens (tertiary/aromatic N) is 4. The summed E-state index contributed by atoms with van der Waals surface area (Å²) in [5, 5.41) is 15.3. The molecule has 180 valence electrons. The number of nitriles is 1. The number of anilines is 1. The fraction of sp³-hybridized carbons (Fsp3) is 0.115. The van der Waals surface area contributed by atoms with Gasteiger partial charge in [0.05, 0.1) is 35.3 Å². The Morgan fingerprint density at radius 2 is 1.92 bits per heavy atom. The number of nitrogens with one attached hydrogen (secondary N) is 2. The number of halogens is 2. The van der Waals surface area contributed by atoms with Crippen molar-refractivity contribution in [3.05, 3.63) is 107 Å². The van der Waals surface area contributed by atoms with Gasteiger partial charge in [0, 0.05) is 31.0 Å². The van der Waals surface area contributed by atoms with Gasteiger partial charge in [0.1, 0.15) is 23.5 Å². The second kappa shape index (κ2) is 11.1. The van der Waals surface area contributed by atoms with Gasteiger partial charge in [0.2, 0.25) is 0 Å². The van der Waals surface area contributed by atoms with Crippen LogP contribution in [0.1, 0.15) is 33.1 Å². The lowest BCUT2D eigenvalue weighted by atomic mass is 10.0. The molecule has 0 aliphatic heterocycles. The SMILES string of the molecule is N#Cc1cc([C@@H](CNCc2ccc(-c3cnc(N)cn3)c(F)c2)NC(=O)c2cccnc2)ccc1F. The highest BCUT2D eigenvalue weighted by molar-refractivity contribution is 5.94. The summed E-state index contributed by atoms with van der Waals surface area (Å²) in [5.74, 6) is -1.24. The number of hydrogen-bond donors (Lipinski definition) is 3. The number of benzene rings is 2. The molecule has 0 fully saturated rings. The molecule has 0 aliphatic rings. The molecule has 36 heavy (non-hydrogen) atoms. The van der Waals surface area contributed by atoms with Crippen LogP contribution >= 0.6 is 0 Å². The Hall–Kier alpha value is -4.75. The van der Waals surface area contributed by atoms with Crippen LogP contribution in [0.3, 0.4) is 0 Å². The predicted octanol–water partition coefficient (Wildman–Crippen LogP) is 3.53. The third-order valence-electron chi connectivity index (χ3n) is 5.40. The van der Waals surface area contributed by atoms with E-state index in [1.807, 2.05) is 6.07 Å². The molecule has 2 heterocycles. The van der Waals surface area contributed by atoms with Crippen LogP contribution in [-0.4, -0.2) is 27.4 Å². The average Bonchev–Trinajstić information content (AvgIpc) is 2.89. The Morgan fingerprint density at radius 3 is 2.61 bits per heavy atom. The van der Waals surface area contributed by atoms with E-state index < -0.39 is 17.7 Å². The summed E-state index contributed by atoms with van der Waals surface area (Å²) >= 11 is 0. The van der Waals surface area contributed by atoms with Crippen LogP contribution in [0.4, 0.5) is 14.6 Å². The molecule has 8 nitrogen and oxygen atoms in total. The van der Waals surface area contributed by atoms with Gasteiger partial charge in [0.25, 0.3) is 5.91 Å². The molecule has 1 amide bonds. The lowest BCUT2D eigenvalue weighted by Gasteiger charge is -2.20. The highest BCUT2D eigenvalue weighted by Gasteiger charge is 2.18. The number of nitrogens with two attached hydrogens (primary N) is 1. The number of amides is 1. The zero-order valence-electron chi connectivity index (χ0n) is 19.0. The van der Waals surface area contributed by atoms with E-state index in [2.05, 4.69) is 25.6 Å². The van der Waals surface area contributed by atoms with Gasteiger partial charge < -0.3 is 16.4 Å². The Balaban J connectivity index is 1.48. The molecule has 2 aromatic heterocycles. The summed E-state index contributed by atoms with van der Waals surface area (Å²) in [6.07, 6.45) is 5.75. The van der Waals surface area contributed by atoms with Crippen molar-refractivity contribution < 1.29 is 13.6 Å². The van der Waals surface area contributed by atoms with Crippen LogP contribution in [-0.2, 0) is 6.54 Å². The molecule has 10 heteroatoms. The number of aromatic nitrogens is 3. The van der Waals surface area contributed by atoms with Gasteiger partial charge in [-0.25, -0.2) is 13.8 Å². The van der Waals surface area contributed by atoms with E-state index in [-0.39, 0.29) is 30.4 Å². The number of pyridine rings is 1. The van der Waals surface area contributed by atoms with E-state index in [4.69, 9.17) is 5.73 Å². The molecule has 0 bridgehead atoms. The molecular weight excluding hydrogens is 464 g/mol. The van der Waals surface area contributed by atoms with Crippen LogP contribution in [0, 0.1) is 23.0 Å². The van der Waals surface area contributed by atoms with Gasteiger partial charge in [0.15, 0.2) is 0 Å². The van der Waals surface area contributed by atoms with Gasteiger partial charge >= 0.3 is 0 Å². The molecule has 0 spiro atoms. The highest BCUT2D eigenvalue weighted by atomic mass is 19.1. The summed E-state index contributed by atoms with van der Waals surface area (Å²) in [7, 11) is 0. The number of carbonyl (C=O) groups is 1. The zero-order chi connectivity index (χ0) is 25.5. The summed E-state index contributed by atoms with van der Waals surface area (Å²) < 4.78 is 28.6. The normalized spacial score (nSPS) is 11.5. The van der Waals surface area contributed by atoms with Crippen molar-refractivity contribution in [3.8, 4) is 17.3 Å². The lowest BCUT2D eigenvalue weighted by molar-refractivity contribution is 0.0935. The Morgan fingerprint density at radius 1 is 1.06 bits per heavy atom. The lowest BCUT2D eigenvalue weighted by Crippen LogP contribution is -2.35. The molecule has 4 N–H and O–H groups in total. The largest absolute Gasteiger partial charge is 0.382 e. The molecule has 4 rings (SSSR count). The maximum absolute atomic E-state index is 14.7. The minimum absolute atomic E-state index is 0.128. The number of rotatable bonds is 8. The van der Waals surface area contributed by atoms with E-state index in [1.165, 1.54) is 42.9 Å². The van der Waals surface area contributed by atoms with E-state index >= 15 is 0 Å². The third-order valence-corrected chi connectivity index (χ3v) is 5.40. The van der Waals surface area contributed by atoms with Gasteiger partial charge in [-0.2, -0.15) is 5.26 Å². The van der Waals surface area contributed by atoms with Crippen LogP contribution in [0.15, 0.2) is 73.3 Å². The first-order valence-electron chi connectivity index (χ1n) is 10.9. The first-order chi connectivity index (χ1) is 17.4. The van der Waals surface area contributed by atoms with Crippen molar-refractivity contribution in [2.75, 3.05) is 12.3 Å². The minimum atomic E-state index is -0.645. The average molecular weight is 485 g/mol. The first-order valence-corrected chi connectivity index (χ1v) is 10.9. The molecule has 0 saturated heterocycles. The minimum Gasteiger partial charge on any atom is -0.382 e. The molecule has 0 radical (unpaired) electrons. The van der Waals surface area contributed by atoms with E-state index in [1.54, 1.807) is 30.5 Å². The number of hydrogen-bond acceptors (Lipinski definition) is 7. The molecule has 4 aromatic rings. The van der Waals surface area contributed by atoms with Crippen LogP contribution in [0.5, 0.6) is 0 Å². The Labute approximate surface area is 205 Å². The van der Waals surface area contributed by atoms with Crippen molar-refractivity contribution in [2.45, 2.75) is 12.6 Å². The predicted molar refractivity (Wildman–Crippen MR) is 129 cm³/mol. The van der Waals surface area contributed by atoms with Gasteiger partial charge in [-0.05, 0) is 47.5 Å². The number of carbonyl (C=O) groups excluding carboxylic acids is 1. The molecular formula is C26H21F2N7O. The molecule has 1 atom stereocenters. The summed E-state index contributed by atoms with van der Waals surface area (Å²) in [5.41, 5.74) is 7.63. The van der Waals surface area contributed by atoms with Gasteiger partial charge in [-0.1, -0.05) is 12.1 Å². The molecule has 0 aliphatic carbocycles. The molecule has 0 unspecified atom stereocenters. The third kappa shape index (κ3) is 5.84. The highest BCUT2D eigenvalue weighted by Crippen LogP contribution is 2.22. The number of nitrogen functional groups attached to an aromatic ring is 1. The maximum Gasteiger partial charge on any atom is 0.253 e. The summed E-state index contributed by atoms with van der Waals surface area (Å²) in [6.45, 7) is 0.519. The molecule has 0 saturated carbocycles. The maximum atomic E-state index is 14.7. The topological polar surface area (TPSA) is 130 Å². The second-order valence-electron chi connectivity index (χ2n) is 7.89. The van der Waals surface area contributed by atoms with Crippen molar-refractivity contribution in [1.29, 1.82) is 5.26 Å². The van der Waals surface area contributed by atoms with E-state index in [0.29, 0.717) is 27.9 Å². The van der Waals surface area contributed by atoms with Crippen LogP contribution in [0.25, 0.3) is 11.3 Å². The fourth-order valence-corrected chi connectivity index (χ4v) is 3.55.